The van der Waals surface area contributed by atoms with Crippen molar-refractivity contribution in [3.05, 3.63) is 65.7 Å². The number of hydrogen-bond donors (Lipinski definition) is 1. The van der Waals surface area contributed by atoms with E-state index in [1.54, 1.807) is 24.6 Å². The maximum Gasteiger partial charge on any atom is 0.273 e. The lowest BCUT2D eigenvalue weighted by molar-refractivity contribution is 0.190. The highest BCUT2D eigenvalue weighted by Crippen LogP contribution is 2.44. The SMILES string of the molecule is CN(c1cccc2cc(C3=NCC4(CCN(Cc5nccn5C)CC4)S3)[nH]c12)S(=O)(=O)c1cccs1. The number of piperidine rings is 1. The normalized spacial score (nSPS) is 18.2. The van der Waals surface area contributed by atoms with Gasteiger partial charge in [-0.15, -0.1) is 11.3 Å². The van der Waals surface area contributed by atoms with Gasteiger partial charge in [0.05, 0.1) is 30.0 Å². The number of aryl methyl sites for hydroxylation is 1. The fraction of sp³-hybridized carbons (Fsp3) is 0.360. The third-order valence-electron chi connectivity index (χ3n) is 7.19. The monoisotopic (exact) mass is 540 g/mol. The molecule has 0 atom stereocenters. The number of anilines is 1. The van der Waals surface area contributed by atoms with Crippen LogP contribution < -0.4 is 4.31 Å². The first-order valence-electron chi connectivity index (χ1n) is 11.9. The van der Waals surface area contributed by atoms with Crippen molar-refractivity contribution in [2.24, 2.45) is 12.0 Å². The van der Waals surface area contributed by atoms with Crippen molar-refractivity contribution >= 4 is 54.8 Å². The van der Waals surface area contributed by atoms with Crippen molar-refractivity contribution in [1.82, 2.24) is 19.4 Å². The first-order chi connectivity index (χ1) is 17.3. The average molecular weight is 541 g/mol. The molecule has 1 saturated heterocycles. The van der Waals surface area contributed by atoms with Crippen LogP contribution in [0.25, 0.3) is 10.9 Å². The number of likely N-dealkylation sites (tertiary alicyclic amines) is 1. The Hall–Kier alpha value is -2.60. The Morgan fingerprint density at radius 3 is 2.75 bits per heavy atom. The lowest BCUT2D eigenvalue weighted by Gasteiger charge is -2.37. The molecular weight excluding hydrogens is 513 g/mol. The molecule has 11 heteroatoms. The Morgan fingerprint density at radius 2 is 2.03 bits per heavy atom. The molecule has 0 radical (unpaired) electrons. The van der Waals surface area contributed by atoms with Gasteiger partial charge in [0.25, 0.3) is 10.0 Å². The van der Waals surface area contributed by atoms with E-state index >= 15 is 0 Å². The van der Waals surface area contributed by atoms with Gasteiger partial charge in [-0.25, -0.2) is 13.4 Å². The predicted molar refractivity (Wildman–Crippen MR) is 148 cm³/mol. The summed E-state index contributed by atoms with van der Waals surface area (Å²) < 4.78 is 30.2. The van der Waals surface area contributed by atoms with Crippen molar-refractivity contribution in [3.8, 4) is 0 Å². The molecule has 1 fully saturated rings. The second-order valence-corrected chi connectivity index (χ2v) is 14.1. The summed E-state index contributed by atoms with van der Waals surface area (Å²) in [5.74, 6) is 1.10. The molecule has 8 nitrogen and oxygen atoms in total. The summed E-state index contributed by atoms with van der Waals surface area (Å²) in [7, 11) is 0.0412. The number of hydrogen-bond acceptors (Lipinski definition) is 7. The van der Waals surface area contributed by atoms with Crippen LogP contribution >= 0.6 is 23.1 Å². The van der Waals surface area contributed by atoms with Gasteiger partial charge in [0.2, 0.25) is 0 Å². The number of thioether (sulfide) groups is 1. The zero-order valence-electron chi connectivity index (χ0n) is 20.2. The zero-order valence-corrected chi connectivity index (χ0v) is 22.7. The third kappa shape index (κ3) is 4.17. The number of benzene rings is 1. The highest BCUT2D eigenvalue weighted by Gasteiger charge is 2.40. The van der Waals surface area contributed by atoms with Gasteiger partial charge in [-0.1, -0.05) is 30.0 Å². The van der Waals surface area contributed by atoms with E-state index in [-0.39, 0.29) is 4.75 Å². The highest BCUT2D eigenvalue weighted by atomic mass is 32.2. The first-order valence-corrected chi connectivity index (χ1v) is 15.0. The van der Waals surface area contributed by atoms with E-state index in [4.69, 9.17) is 4.99 Å². The number of rotatable bonds is 6. The van der Waals surface area contributed by atoms with Crippen LogP contribution in [0, 0.1) is 0 Å². The van der Waals surface area contributed by atoms with Gasteiger partial charge in [0.1, 0.15) is 15.1 Å². The molecule has 1 aromatic carbocycles. The minimum absolute atomic E-state index is 0.132. The molecule has 188 valence electrons. The second kappa shape index (κ2) is 9.05. The number of aromatic amines is 1. The van der Waals surface area contributed by atoms with Crippen LogP contribution in [0.5, 0.6) is 0 Å². The number of nitrogens with one attached hydrogen (secondary N) is 1. The Labute approximate surface area is 219 Å². The topological polar surface area (TPSA) is 86.6 Å². The summed E-state index contributed by atoms with van der Waals surface area (Å²) in [6.45, 7) is 3.76. The van der Waals surface area contributed by atoms with E-state index in [1.807, 2.05) is 49.4 Å². The highest BCUT2D eigenvalue weighted by molar-refractivity contribution is 8.15. The van der Waals surface area contributed by atoms with Crippen molar-refractivity contribution in [3.63, 3.8) is 0 Å². The van der Waals surface area contributed by atoms with Gasteiger partial charge >= 0.3 is 0 Å². The number of H-pyrrole nitrogens is 1. The smallest absolute Gasteiger partial charge is 0.273 e. The summed E-state index contributed by atoms with van der Waals surface area (Å²) in [6, 6.07) is 11.2. The number of nitrogens with zero attached hydrogens (tertiary/aromatic N) is 5. The van der Waals surface area contributed by atoms with Crippen LogP contribution in [0.1, 0.15) is 24.4 Å². The maximum atomic E-state index is 13.1. The molecule has 1 N–H and O–H groups in total. The molecular formula is C25H28N6O2S3. The average Bonchev–Trinajstić information content (AvgIpc) is 3.68. The standard InChI is InChI=1S/C25H28N6O2S3/c1-29-13-10-26-21(29)16-31-11-8-25(9-12-31)17-27-24(35-25)19-15-18-5-3-6-20(23(18)28-19)30(2)36(32,33)22-7-4-14-34-22/h3-7,10,13-15,28H,8-9,11-12,16-17H2,1-2H3. The number of fused-ring (bicyclic) bond motifs is 1. The summed E-state index contributed by atoms with van der Waals surface area (Å²) in [5, 5.41) is 3.77. The van der Waals surface area contributed by atoms with Gasteiger partial charge in [-0.05, 0) is 36.4 Å². The summed E-state index contributed by atoms with van der Waals surface area (Å²) >= 11 is 3.10. The lowest BCUT2D eigenvalue weighted by atomic mass is 9.96. The van der Waals surface area contributed by atoms with E-state index in [1.165, 1.54) is 15.6 Å². The summed E-state index contributed by atoms with van der Waals surface area (Å²) in [4.78, 5) is 15.4. The van der Waals surface area contributed by atoms with E-state index in [9.17, 15) is 8.42 Å². The van der Waals surface area contributed by atoms with Crippen LogP contribution in [0.3, 0.4) is 0 Å². The quantitative estimate of drug-likeness (QED) is 0.394. The molecule has 5 heterocycles. The van der Waals surface area contributed by atoms with Crippen molar-refractivity contribution in [2.45, 2.75) is 28.3 Å². The fourth-order valence-electron chi connectivity index (χ4n) is 4.95. The Bertz CT molecular complexity index is 1530. The molecule has 0 unspecified atom stereocenters. The first kappa shape index (κ1) is 23.8. The molecule has 4 aromatic rings. The molecule has 2 aliphatic heterocycles. The zero-order chi connectivity index (χ0) is 24.9. The second-order valence-electron chi connectivity index (χ2n) is 9.47. The molecule has 36 heavy (non-hydrogen) atoms. The van der Waals surface area contributed by atoms with Crippen LogP contribution in [0.4, 0.5) is 5.69 Å². The number of aromatic nitrogens is 3. The fourth-order valence-corrected chi connectivity index (χ4v) is 8.59. The number of sulfonamides is 1. The van der Waals surface area contributed by atoms with Crippen molar-refractivity contribution in [1.29, 1.82) is 0 Å². The number of imidazole rings is 1. The Kier molecular flexibility index (Phi) is 5.98. The lowest BCUT2D eigenvalue weighted by Crippen LogP contribution is -2.43. The van der Waals surface area contributed by atoms with Crippen LogP contribution in [0.2, 0.25) is 0 Å². The van der Waals surface area contributed by atoms with E-state index in [2.05, 4.69) is 25.5 Å². The Balaban J connectivity index is 1.19. The van der Waals surface area contributed by atoms with Gasteiger partial charge in [0, 0.05) is 49.7 Å². The maximum absolute atomic E-state index is 13.1. The van der Waals surface area contributed by atoms with Gasteiger partial charge < -0.3 is 9.55 Å². The van der Waals surface area contributed by atoms with E-state index in [0.717, 1.165) is 66.5 Å². The minimum atomic E-state index is -3.61. The number of aliphatic imine (C=N–C) groups is 1. The molecule has 3 aromatic heterocycles. The Morgan fingerprint density at radius 1 is 1.19 bits per heavy atom. The molecule has 0 saturated carbocycles. The van der Waals surface area contributed by atoms with Crippen molar-refractivity contribution in [2.75, 3.05) is 31.0 Å². The molecule has 0 bridgehead atoms. The summed E-state index contributed by atoms with van der Waals surface area (Å²) in [6.07, 6.45) is 6.02. The predicted octanol–water partition coefficient (Wildman–Crippen LogP) is 4.32. The van der Waals surface area contributed by atoms with Crippen LogP contribution in [-0.4, -0.2) is 64.3 Å². The van der Waals surface area contributed by atoms with E-state index in [0.29, 0.717) is 9.90 Å². The molecule has 0 aliphatic carbocycles. The van der Waals surface area contributed by atoms with Crippen molar-refractivity contribution < 1.29 is 8.42 Å². The summed E-state index contributed by atoms with van der Waals surface area (Å²) in [5.41, 5.74) is 2.40. The van der Waals surface area contributed by atoms with Crippen LogP contribution in [0.15, 0.2) is 63.4 Å². The van der Waals surface area contributed by atoms with Crippen LogP contribution in [-0.2, 0) is 23.6 Å². The third-order valence-corrected chi connectivity index (χ3v) is 11.8. The molecule has 1 spiro atoms. The molecule has 0 amide bonds. The molecule has 2 aliphatic rings. The van der Waals surface area contributed by atoms with E-state index < -0.39 is 10.0 Å². The van der Waals surface area contributed by atoms with Gasteiger partial charge in [-0.3, -0.25) is 14.2 Å². The molecule has 6 rings (SSSR count). The van der Waals surface area contributed by atoms with Gasteiger partial charge in [-0.2, -0.15) is 0 Å². The largest absolute Gasteiger partial charge is 0.351 e. The van der Waals surface area contributed by atoms with Gasteiger partial charge in [0.15, 0.2) is 0 Å². The number of thiophene rings is 1. The minimum Gasteiger partial charge on any atom is -0.351 e. The number of para-hydroxylation sites is 1.